The predicted octanol–water partition coefficient (Wildman–Crippen LogP) is 3.63. The van der Waals surface area contributed by atoms with Gasteiger partial charge in [-0.15, -0.1) is 0 Å². The second-order valence-corrected chi connectivity index (χ2v) is 5.89. The van der Waals surface area contributed by atoms with Gasteiger partial charge in [-0.1, -0.05) is 17.7 Å². The summed E-state index contributed by atoms with van der Waals surface area (Å²) in [7, 11) is 0. The van der Waals surface area contributed by atoms with Crippen LogP contribution in [0.5, 0.6) is 0 Å². The van der Waals surface area contributed by atoms with Crippen molar-refractivity contribution in [1.82, 2.24) is 4.98 Å². The third kappa shape index (κ3) is 4.07. The van der Waals surface area contributed by atoms with Crippen LogP contribution in [0.25, 0.3) is 0 Å². The zero-order valence-corrected chi connectivity index (χ0v) is 13.5. The molecular weight excluding hydrogens is 302 g/mol. The molecule has 2 amide bonds. The average Bonchev–Trinajstić information content (AvgIpc) is 3.42. The molecule has 1 aromatic carbocycles. The first-order chi connectivity index (χ1) is 11.6. The highest BCUT2D eigenvalue weighted by atomic mass is 16.2. The quantitative estimate of drug-likeness (QED) is 0.826. The molecule has 0 saturated heterocycles. The van der Waals surface area contributed by atoms with Gasteiger partial charge in [0, 0.05) is 18.5 Å². The van der Waals surface area contributed by atoms with E-state index < -0.39 is 0 Å². The molecule has 0 radical (unpaired) electrons. The summed E-state index contributed by atoms with van der Waals surface area (Å²) in [5, 5.41) is 5.64. The lowest BCUT2D eigenvalue weighted by Gasteiger charge is -2.11. The zero-order valence-electron chi connectivity index (χ0n) is 13.5. The fourth-order valence-corrected chi connectivity index (χ4v) is 2.42. The van der Waals surface area contributed by atoms with Crippen LogP contribution >= 0.6 is 0 Å². The van der Waals surface area contributed by atoms with E-state index in [0.29, 0.717) is 22.9 Å². The molecule has 5 heteroatoms. The Balaban J connectivity index is 1.72. The second kappa shape index (κ2) is 7.08. The van der Waals surface area contributed by atoms with Gasteiger partial charge in [0.1, 0.15) is 0 Å². The Bertz CT molecular complexity index is 780. The lowest BCUT2D eigenvalue weighted by atomic mass is 10.2. The number of rotatable bonds is 5. The molecule has 0 atom stereocenters. The first-order valence-corrected chi connectivity index (χ1v) is 7.93. The number of nitrogens with one attached hydrogen (secondary N) is 2. The van der Waals surface area contributed by atoms with E-state index in [9.17, 15) is 9.59 Å². The van der Waals surface area contributed by atoms with Gasteiger partial charge in [-0.3, -0.25) is 14.6 Å². The van der Waals surface area contributed by atoms with Gasteiger partial charge in [0.25, 0.3) is 5.91 Å². The standard InChI is InChI=1S/C19H19N3O2/c1-13(14-8-9-14)11-18(23)21-16-6-2-3-7-17(16)22-19(24)15-5-4-10-20-12-15/h2-7,10-12,14H,8-9H2,1H3,(H,21,23)(H,22,24)/b13-11+. The summed E-state index contributed by atoms with van der Waals surface area (Å²) in [6.07, 6.45) is 7.07. The average molecular weight is 321 g/mol. The summed E-state index contributed by atoms with van der Waals surface area (Å²) >= 11 is 0. The van der Waals surface area contributed by atoms with E-state index >= 15 is 0 Å². The maximum Gasteiger partial charge on any atom is 0.257 e. The highest BCUT2D eigenvalue weighted by molar-refractivity contribution is 6.08. The molecule has 2 aromatic rings. The summed E-state index contributed by atoms with van der Waals surface area (Å²) in [5.74, 6) is 0.105. The molecule has 0 aliphatic heterocycles. The molecule has 1 heterocycles. The normalized spacial score (nSPS) is 14.1. The molecule has 24 heavy (non-hydrogen) atoms. The van der Waals surface area contributed by atoms with E-state index in [0.717, 1.165) is 18.4 Å². The number of pyridine rings is 1. The fraction of sp³-hybridized carbons (Fsp3) is 0.211. The summed E-state index contributed by atoms with van der Waals surface area (Å²) in [6.45, 7) is 1.98. The molecule has 1 fully saturated rings. The fourth-order valence-electron chi connectivity index (χ4n) is 2.42. The van der Waals surface area contributed by atoms with Crippen molar-refractivity contribution in [2.24, 2.45) is 5.92 Å². The zero-order chi connectivity index (χ0) is 16.9. The van der Waals surface area contributed by atoms with E-state index in [-0.39, 0.29) is 11.8 Å². The number of carbonyl (C=O) groups is 2. The van der Waals surface area contributed by atoms with Gasteiger partial charge in [-0.2, -0.15) is 0 Å². The Hall–Kier alpha value is -2.95. The number of carbonyl (C=O) groups excluding carboxylic acids is 2. The summed E-state index contributed by atoms with van der Waals surface area (Å²) in [6, 6.07) is 10.5. The molecule has 2 N–H and O–H groups in total. The Labute approximate surface area is 140 Å². The Morgan fingerprint density at radius 2 is 1.79 bits per heavy atom. The molecule has 0 spiro atoms. The minimum atomic E-state index is -0.269. The van der Waals surface area contributed by atoms with Crippen molar-refractivity contribution in [2.75, 3.05) is 10.6 Å². The number of hydrogen-bond donors (Lipinski definition) is 2. The molecule has 0 bridgehead atoms. The van der Waals surface area contributed by atoms with Crippen molar-refractivity contribution in [3.8, 4) is 0 Å². The van der Waals surface area contributed by atoms with Crippen molar-refractivity contribution in [3.63, 3.8) is 0 Å². The van der Waals surface area contributed by atoms with Crippen LogP contribution in [-0.4, -0.2) is 16.8 Å². The molecule has 1 aliphatic rings. The first-order valence-electron chi connectivity index (χ1n) is 7.93. The van der Waals surface area contributed by atoms with E-state index in [1.54, 1.807) is 42.6 Å². The number of nitrogens with zero attached hydrogens (tertiary/aromatic N) is 1. The van der Waals surface area contributed by atoms with Crippen LogP contribution in [0, 0.1) is 5.92 Å². The maximum absolute atomic E-state index is 12.3. The van der Waals surface area contributed by atoms with Crippen LogP contribution in [0.1, 0.15) is 30.1 Å². The SMILES string of the molecule is C/C(=C\C(=O)Nc1ccccc1NC(=O)c1cccnc1)C1CC1. The molecule has 0 unspecified atom stereocenters. The number of anilines is 2. The highest BCUT2D eigenvalue weighted by Crippen LogP contribution is 2.36. The van der Waals surface area contributed by atoms with Crippen molar-refractivity contribution in [1.29, 1.82) is 0 Å². The third-order valence-corrected chi connectivity index (χ3v) is 3.94. The number of aromatic nitrogens is 1. The van der Waals surface area contributed by atoms with Gasteiger partial charge in [0.2, 0.25) is 5.91 Å². The van der Waals surface area contributed by atoms with Crippen LogP contribution in [0.4, 0.5) is 11.4 Å². The number of hydrogen-bond acceptors (Lipinski definition) is 3. The van der Waals surface area contributed by atoms with Gasteiger partial charge in [-0.05, 0) is 49.9 Å². The molecule has 1 aliphatic carbocycles. The summed E-state index contributed by atoms with van der Waals surface area (Å²) in [5.41, 5.74) is 2.68. The van der Waals surface area contributed by atoms with E-state index in [2.05, 4.69) is 15.6 Å². The Kier molecular flexibility index (Phi) is 4.70. The van der Waals surface area contributed by atoms with Crippen LogP contribution in [0.2, 0.25) is 0 Å². The third-order valence-electron chi connectivity index (χ3n) is 3.94. The molecule has 5 nitrogen and oxygen atoms in total. The van der Waals surface area contributed by atoms with Crippen LogP contribution in [0.15, 0.2) is 60.4 Å². The molecule has 122 valence electrons. The first kappa shape index (κ1) is 15.9. The number of amides is 2. The largest absolute Gasteiger partial charge is 0.321 e. The number of para-hydroxylation sites is 2. The maximum atomic E-state index is 12.3. The topological polar surface area (TPSA) is 71.1 Å². The van der Waals surface area contributed by atoms with Crippen molar-refractivity contribution < 1.29 is 9.59 Å². The molecule has 3 rings (SSSR count). The van der Waals surface area contributed by atoms with Gasteiger partial charge < -0.3 is 10.6 Å². The van der Waals surface area contributed by atoms with Crippen LogP contribution < -0.4 is 10.6 Å². The molecule has 1 aromatic heterocycles. The van der Waals surface area contributed by atoms with Gasteiger partial charge >= 0.3 is 0 Å². The molecular formula is C19H19N3O2. The minimum Gasteiger partial charge on any atom is -0.321 e. The van der Waals surface area contributed by atoms with E-state index in [1.165, 1.54) is 6.20 Å². The van der Waals surface area contributed by atoms with Crippen LogP contribution in [0.3, 0.4) is 0 Å². The van der Waals surface area contributed by atoms with E-state index in [1.807, 2.05) is 13.0 Å². The van der Waals surface area contributed by atoms with Gasteiger partial charge in [0.05, 0.1) is 16.9 Å². The predicted molar refractivity (Wildman–Crippen MR) is 93.7 cm³/mol. The second-order valence-electron chi connectivity index (χ2n) is 5.89. The summed E-state index contributed by atoms with van der Waals surface area (Å²) < 4.78 is 0. The van der Waals surface area contributed by atoms with Crippen LogP contribution in [-0.2, 0) is 4.79 Å². The number of benzene rings is 1. The Morgan fingerprint density at radius 1 is 1.08 bits per heavy atom. The van der Waals surface area contributed by atoms with Crippen molar-refractivity contribution in [3.05, 3.63) is 66.0 Å². The smallest absolute Gasteiger partial charge is 0.257 e. The Morgan fingerprint density at radius 3 is 2.42 bits per heavy atom. The lowest BCUT2D eigenvalue weighted by molar-refractivity contribution is -0.112. The summed E-state index contributed by atoms with van der Waals surface area (Å²) in [4.78, 5) is 28.3. The monoisotopic (exact) mass is 321 g/mol. The minimum absolute atomic E-state index is 0.178. The molecule has 1 saturated carbocycles. The number of allylic oxidation sites excluding steroid dienone is 1. The van der Waals surface area contributed by atoms with Crippen molar-refractivity contribution >= 4 is 23.2 Å². The van der Waals surface area contributed by atoms with Gasteiger partial charge in [0.15, 0.2) is 0 Å². The van der Waals surface area contributed by atoms with E-state index in [4.69, 9.17) is 0 Å². The highest BCUT2D eigenvalue weighted by Gasteiger charge is 2.23. The van der Waals surface area contributed by atoms with Crippen molar-refractivity contribution in [2.45, 2.75) is 19.8 Å². The lowest BCUT2D eigenvalue weighted by Crippen LogP contribution is -2.16. The van der Waals surface area contributed by atoms with Gasteiger partial charge in [-0.25, -0.2) is 0 Å².